The molecule has 0 amide bonds. The van der Waals surface area contributed by atoms with Gasteiger partial charge in [0.25, 0.3) is 0 Å². The molecule has 9 aromatic carbocycles. The summed E-state index contributed by atoms with van der Waals surface area (Å²) in [6.45, 7) is 0. The van der Waals surface area contributed by atoms with Crippen LogP contribution < -0.4 is 0 Å². The van der Waals surface area contributed by atoms with E-state index in [1.165, 1.54) is 38.3 Å². The van der Waals surface area contributed by atoms with Crippen LogP contribution in [0.4, 0.5) is 0 Å². The topological polar surface area (TPSA) is 43.6 Å². The number of hydrogen-bond acceptors (Lipinski definition) is 3. The van der Waals surface area contributed by atoms with Crippen LogP contribution in [-0.4, -0.2) is 19.5 Å². The van der Waals surface area contributed by atoms with Crippen LogP contribution in [0, 0.1) is 0 Å². The van der Waals surface area contributed by atoms with Gasteiger partial charge in [0, 0.05) is 54.7 Å². The molecule has 0 unspecified atom stereocenters. The molecule has 0 fully saturated rings. The van der Waals surface area contributed by atoms with Crippen LogP contribution in [0.3, 0.4) is 0 Å². The predicted octanol–water partition coefficient (Wildman–Crippen LogP) is 14.8. The average molecular weight is 777 g/mol. The normalized spacial score (nSPS) is 11.6. The second-order valence-corrected chi connectivity index (χ2v) is 15.6. The lowest BCUT2D eigenvalue weighted by molar-refractivity contribution is 1.18. The first kappa shape index (κ1) is 34.8. The Hall–Kier alpha value is -8.21. The molecule has 12 aromatic rings. The largest absolute Gasteiger partial charge is 0.309 e. The quantitative estimate of drug-likeness (QED) is 0.158. The number of hydrogen-bond donors (Lipinski definition) is 0. The number of para-hydroxylation sites is 4. The Balaban J connectivity index is 0.950. The summed E-state index contributed by atoms with van der Waals surface area (Å²) in [5.74, 6) is 0.702. The fourth-order valence-corrected chi connectivity index (χ4v) is 9.11. The van der Waals surface area contributed by atoms with E-state index in [0.717, 1.165) is 72.1 Å². The van der Waals surface area contributed by atoms with Gasteiger partial charge in [0.1, 0.15) is 0 Å². The van der Waals surface area contributed by atoms with Gasteiger partial charge in [-0.05, 0) is 64.7 Å². The molecular formula is C57H36N4. The lowest BCUT2D eigenvalue weighted by Crippen LogP contribution is -1.95. The van der Waals surface area contributed by atoms with Crippen molar-refractivity contribution in [3.63, 3.8) is 0 Å². The van der Waals surface area contributed by atoms with Gasteiger partial charge in [-0.15, -0.1) is 0 Å². The minimum atomic E-state index is 0.702. The maximum Gasteiger partial charge on any atom is 0.160 e. The highest BCUT2D eigenvalue weighted by Crippen LogP contribution is 2.43. The van der Waals surface area contributed by atoms with E-state index in [1.54, 1.807) is 0 Å². The zero-order valence-electron chi connectivity index (χ0n) is 33.1. The molecule has 284 valence electrons. The SMILES string of the molecule is c1ccc(-c2ccc(-c3nc(-c4ccc(-c5cccc(-c6nc7ccccc7c7c6ccc6c7c7ccccc7n6-c6ccccc6)c5)cc4)nc4ccccc34)cc2)cc1. The van der Waals surface area contributed by atoms with Crippen molar-refractivity contribution in [1.29, 1.82) is 0 Å². The van der Waals surface area contributed by atoms with E-state index in [1.807, 2.05) is 12.1 Å². The molecule has 4 heteroatoms. The second-order valence-electron chi connectivity index (χ2n) is 15.6. The maximum absolute atomic E-state index is 5.37. The van der Waals surface area contributed by atoms with Crippen LogP contribution in [0.5, 0.6) is 0 Å². The molecule has 4 nitrogen and oxygen atoms in total. The number of benzene rings is 9. The van der Waals surface area contributed by atoms with Crippen LogP contribution in [0.1, 0.15) is 0 Å². The summed E-state index contributed by atoms with van der Waals surface area (Å²) in [5.41, 5.74) is 15.0. The molecule has 3 aromatic heterocycles. The predicted molar refractivity (Wildman–Crippen MR) is 254 cm³/mol. The molecule has 0 radical (unpaired) electrons. The van der Waals surface area contributed by atoms with Gasteiger partial charge in [-0.25, -0.2) is 15.0 Å². The second kappa shape index (κ2) is 14.3. The van der Waals surface area contributed by atoms with Gasteiger partial charge in [0.2, 0.25) is 0 Å². The Morgan fingerprint density at radius 3 is 1.59 bits per heavy atom. The zero-order valence-corrected chi connectivity index (χ0v) is 33.1. The van der Waals surface area contributed by atoms with E-state index >= 15 is 0 Å². The minimum Gasteiger partial charge on any atom is -0.309 e. The molecule has 0 spiro atoms. The molecule has 0 aliphatic heterocycles. The summed E-state index contributed by atoms with van der Waals surface area (Å²) >= 11 is 0. The van der Waals surface area contributed by atoms with Crippen LogP contribution >= 0.6 is 0 Å². The van der Waals surface area contributed by atoms with Crippen molar-refractivity contribution in [3.8, 4) is 61.8 Å². The van der Waals surface area contributed by atoms with Gasteiger partial charge in [0.05, 0.1) is 33.5 Å². The first-order valence-electron chi connectivity index (χ1n) is 20.7. The highest BCUT2D eigenvalue weighted by atomic mass is 15.0. The van der Waals surface area contributed by atoms with Crippen molar-refractivity contribution in [2.75, 3.05) is 0 Å². The van der Waals surface area contributed by atoms with Gasteiger partial charge in [0.15, 0.2) is 5.82 Å². The molecule has 0 aliphatic rings. The number of aromatic nitrogens is 4. The van der Waals surface area contributed by atoms with Gasteiger partial charge in [-0.2, -0.15) is 0 Å². The third-order valence-corrected chi connectivity index (χ3v) is 12.0. The summed E-state index contributed by atoms with van der Waals surface area (Å²) in [7, 11) is 0. The van der Waals surface area contributed by atoms with Gasteiger partial charge in [-0.3, -0.25) is 0 Å². The lowest BCUT2D eigenvalue weighted by Gasteiger charge is -2.14. The highest BCUT2D eigenvalue weighted by Gasteiger charge is 2.20. The van der Waals surface area contributed by atoms with Crippen molar-refractivity contribution < 1.29 is 0 Å². The van der Waals surface area contributed by atoms with Crippen molar-refractivity contribution in [1.82, 2.24) is 19.5 Å². The zero-order chi connectivity index (χ0) is 40.3. The summed E-state index contributed by atoms with van der Waals surface area (Å²) < 4.78 is 2.39. The highest BCUT2D eigenvalue weighted by molar-refractivity contribution is 6.29. The number of pyridine rings is 1. The van der Waals surface area contributed by atoms with Crippen molar-refractivity contribution in [2.24, 2.45) is 0 Å². The van der Waals surface area contributed by atoms with E-state index in [4.69, 9.17) is 15.0 Å². The summed E-state index contributed by atoms with van der Waals surface area (Å²) in [6, 6.07) is 77.3. The molecule has 12 rings (SSSR count). The summed E-state index contributed by atoms with van der Waals surface area (Å²) in [4.78, 5) is 15.6. The molecule has 61 heavy (non-hydrogen) atoms. The fourth-order valence-electron chi connectivity index (χ4n) is 9.11. The smallest absolute Gasteiger partial charge is 0.160 e. The summed E-state index contributed by atoms with van der Waals surface area (Å²) in [6.07, 6.45) is 0. The van der Waals surface area contributed by atoms with Gasteiger partial charge >= 0.3 is 0 Å². The van der Waals surface area contributed by atoms with E-state index in [0.29, 0.717) is 5.82 Å². The minimum absolute atomic E-state index is 0.702. The van der Waals surface area contributed by atoms with Crippen LogP contribution in [0.15, 0.2) is 218 Å². The maximum atomic E-state index is 5.37. The lowest BCUT2D eigenvalue weighted by atomic mass is 9.94. The molecular weight excluding hydrogens is 741 g/mol. The molecule has 0 saturated carbocycles. The van der Waals surface area contributed by atoms with E-state index in [-0.39, 0.29) is 0 Å². The van der Waals surface area contributed by atoms with Crippen molar-refractivity contribution in [2.45, 2.75) is 0 Å². The van der Waals surface area contributed by atoms with Gasteiger partial charge in [-0.1, -0.05) is 176 Å². The number of rotatable bonds is 6. The molecule has 0 bridgehead atoms. The Kier molecular flexibility index (Phi) is 8.13. The molecule has 0 N–H and O–H groups in total. The van der Waals surface area contributed by atoms with Crippen LogP contribution in [0.2, 0.25) is 0 Å². The number of nitrogens with zero attached hydrogens (tertiary/aromatic N) is 4. The van der Waals surface area contributed by atoms with E-state index < -0.39 is 0 Å². The molecule has 3 heterocycles. The standard InChI is InChI=1S/C57H36N4/c1-3-14-37(15-4-1)38-26-30-40(31-27-38)55-46-21-8-11-24-50(46)59-57(60-55)41-32-28-39(29-33-41)42-16-13-17-43(36-42)56-48-34-35-52-54(53(48)45-20-7-10-23-49(45)58-56)47-22-9-12-25-51(47)61(52)44-18-5-2-6-19-44/h1-36H. The van der Waals surface area contributed by atoms with Crippen molar-refractivity contribution >= 4 is 54.4 Å². The Morgan fingerprint density at radius 1 is 0.279 bits per heavy atom. The molecule has 0 aliphatic carbocycles. The van der Waals surface area contributed by atoms with Crippen molar-refractivity contribution in [3.05, 3.63) is 218 Å². The Morgan fingerprint density at radius 2 is 0.820 bits per heavy atom. The average Bonchev–Trinajstić information content (AvgIpc) is 3.68. The van der Waals surface area contributed by atoms with E-state index in [2.05, 4.69) is 211 Å². The van der Waals surface area contributed by atoms with Gasteiger partial charge < -0.3 is 4.57 Å². The van der Waals surface area contributed by atoms with Crippen LogP contribution in [0.25, 0.3) is 116 Å². The third kappa shape index (κ3) is 5.88. The monoisotopic (exact) mass is 776 g/mol. The Labute approximate surface area is 352 Å². The first-order valence-corrected chi connectivity index (χ1v) is 20.7. The third-order valence-electron chi connectivity index (χ3n) is 12.0. The fraction of sp³-hybridized carbons (Fsp3) is 0. The number of fused-ring (bicyclic) bond motifs is 8. The molecule has 0 atom stereocenters. The summed E-state index contributed by atoms with van der Waals surface area (Å²) in [5, 5.41) is 7.01. The van der Waals surface area contributed by atoms with E-state index in [9.17, 15) is 0 Å². The van der Waals surface area contributed by atoms with Crippen LogP contribution in [-0.2, 0) is 0 Å². The Bertz CT molecular complexity index is 3610. The first-order chi connectivity index (χ1) is 30.2. The molecule has 0 saturated heterocycles.